The number of ketones is 1. The van der Waals surface area contributed by atoms with Gasteiger partial charge in [0.2, 0.25) is 0 Å². The lowest BCUT2D eigenvalue weighted by molar-refractivity contribution is -0.140. The number of carbonyl (C=O) groups is 2. The maximum Gasteiger partial charge on any atom is 0.295 e. The second-order valence-corrected chi connectivity index (χ2v) is 6.83. The zero-order valence-corrected chi connectivity index (χ0v) is 16.2. The minimum absolute atomic E-state index is 0.0741. The number of aliphatic hydroxyl groups is 2. The van der Waals surface area contributed by atoms with E-state index in [1.165, 1.54) is 24.0 Å². The zero-order valence-electron chi connectivity index (χ0n) is 16.2. The largest absolute Gasteiger partial charge is 0.507 e. The fraction of sp³-hybridized carbons (Fsp3) is 0.273. The second kappa shape index (κ2) is 8.36. The molecule has 1 aliphatic rings. The lowest BCUT2D eigenvalue weighted by Gasteiger charge is -2.26. The molecule has 0 aliphatic carbocycles. The molecule has 3 N–H and O–H groups in total. The number of Topliss-reactive ketones (excluding diaryl/α,β-unsaturated/α-hetero) is 1. The van der Waals surface area contributed by atoms with Gasteiger partial charge in [-0.05, 0) is 31.5 Å². The van der Waals surface area contributed by atoms with Gasteiger partial charge >= 0.3 is 0 Å². The molecule has 1 fully saturated rings. The van der Waals surface area contributed by atoms with Gasteiger partial charge in [0, 0.05) is 12.1 Å². The Morgan fingerprint density at radius 1 is 1.17 bits per heavy atom. The first kappa shape index (κ1) is 20.4. The van der Waals surface area contributed by atoms with E-state index in [0.29, 0.717) is 17.7 Å². The van der Waals surface area contributed by atoms with Crippen molar-refractivity contribution in [1.29, 1.82) is 0 Å². The molecule has 2 unspecified atom stereocenters. The van der Waals surface area contributed by atoms with E-state index in [1.54, 1.807) is 43.3 Å². The lowest BCUT2D eigenvalue weighted by atomic mass is 9.95. The molecule has 3 rings (SSSR count). The molecule has 0 bridgehead atoms. The van der Waals surface area contributed by atoms with Crippen LogP contribution in [0.1, 0.15) is 31.0 Å². The van der Waals surface area contributed by atoms with E-state index in [0.717, 1.165) is 0 Å². The van der Waals surface area contributed by atoms with Crippen molar-refractivity contribution in [1.82, 2.24) is 4.90 Å². The topological polar surface area (TPSA) is 107 Å². The van der Waals surface area contributed by atoms with Gasteiger partial charge in [-0.15, -0.1) is 0 Å². The summed E-state index contributed by atoms with van der Waals surface area (Å²) in [5.41, 5.74) is 0.801. The first-order valence-corrected chi connectivity index (χ1v) is 9.32. The quantitative estimate of drug-likeness (QED) is 0.393. The summed E-state index contributed by atoms with van der Waals surface area (Å²) in [5, 5.41) is 30.7. The van der Waals surface area contributed by atoms with Crippen LogP contribution in [0.3, 0.4) is 0 Å². The number of β-amino-alcohol motifs (C(OH)–C–C–N with tert-alkyl or cyclic N) is 1. The fourth-order valence-corrected chi connectivity index (χ4v) is 3.42. The Hall–Kier alpha value is -3.32. The monoisotopic (exact) mass is 397 g/mol. The van der Waals surface area contributed by atoms with Crippen molar-refractivity contribution in [2.45, 2.75) is 26.0 Å². The molecule has 0 radical (unpaired) electrons. The van der Waals surface area contributed by atoms with Crippen molar-refractivity contribution in [3.05, 3.63) is 65.2 Å². The van der Waals surface area contributed by atoms with E-state index < -0.39 is 23.8 Å². The Balaban J connectivity index is 2.20. The van der Waals surface area contributed by atoms with Crippen molar-refractivity contribution in [2.24, 2.45) is 0 Å². The molecule has 29 heavy (non-hydrogen) atoms. The minimum atomic E-state index is -0.926. The van der Waals surface area contributed by atoms with Crippen molar-refractivity contribution in [3.8, 4) is 11.5 Å². The van der Waals surface area contributed by atoms with Crippen LogP contribution in [0.25, 0.3) is 5.76 Å². The molecule has 2 aromatic rings. The molecule has 1 amide bonds. The second-order valence-electron chi connectivity index (χ2n) is 6.83. The van der Waals surface area contributed by atoms with Gasteiger partial charge in [-0.25, -0.2) is 0 Å². The summed E-state index contributed by atoms with van der Waals surface area (Å²) in [7, 11) is 0. The first-order valence-electron chi connectivity index (χ1n) is 9.32. The summed E-state index contributed by atoms with van der Waals surface area (Å²) < 4.78 is 5.42. The molecule has 1 saturated heterocycles. The van der Waals surface area contributed by atoms with Crippen molar-refractivity contribution < 1.29 is 29.6 Å². The molecular weight excluding hydrogens is 374 g/mol. The number of hydrogen-bond acceptors (Lipinski definition) is 6. The van der Waals surface area contributed by atoms with E-state index in [-0.39, 0.29) is 29.4 Å². The number of aromatic hydroxyl groups is 1. The highest BCUT2D eigenvalue weighted by molar-refractivity contribution is 6.46. The van der Waals surface area contributed by atoms with Crippen LogP contribution >= 0.6 is 0 Å². The molecule has 2 aromatic carbocycles. The molecule has 1 heterocycles. The highest BCUT2D eigenvalue weighted by Crippen LogP contribution is 2.41. The summed E-state index contributed by atoms with van der Waals surface area (Å²) in [6.07, 6.45) is -0.879. The van der Waals surface area contributed by atoms with E-state index in [4.69, 9.17) is 4.74 Å². The minimum Gasteiger partial charge on any atom is -0.507 e. The van der Waals surface area contributed by atoms with Gasteiger partial charge in [-0.2, -0.15) is 0 Å². The molecule has 7 heteroatoms. The number of likely N-dealkylation sites (tertiary alicyclic amines) is 1. The number of rotatable bonds is 6. The van der Waals surface area contributed by atoms with Gasteiger partial charge in [-0.3, -0.25) is 9.59 Å². The molecule has 2 atom stereocenters. The standard InChI is InChI=1S/C22H23NO6/c1-3-29-17-11-15(9-10-16(17)25)19-18(20(26)14-7-5-4-6-8-14)21(27)22(28)23(19)12-13(2)24/h4-11,13,19,24-26H,3,12H2,1-2H3/b20-18+. The van der Waals surface area contributed by atoms with Crippen molar-refractivity contribution in [2.75, 3.05) is 13.2 Å². The number of nitrogens with zero attached hydrogens (tertiary/aromatic N) is 1. The summed E-state index contributed by atoms with van der Waals surface area (Å²) >= 11 is 0. The molecular formula is C22H23NO6. The molecule has 1 aliphatic heterocycles. The molecule has 0 spiro atoms. The highest BCUT2D eigenvalue weighted by atomic mass is 16.5. The van der Waals surface area contributed by atoms with Gasteiger partial charge in [0.15, 0.2) is 11.5 Å². The Kier molecular flexibility index (Phi) is 5.89. The number of ether oxygens (including phenoxy) is 1. The van der Waals surface area contributed by atoms with Gasteiger partial charge < -0.3 is 25.0 Å². The van der Waals surface area contributed by atoms with E-state index in [2.05, 4.69) is 0 Å². The van der Waals surface area contributed by atoms with Crippen LogP contribution in [-0.4, -0.2) is 51.2 Å². The van der Waals surface area contributed by atoms with Crippen molar-refractivity contribution in [3.63, 3.8) is 0 Å². The third-order valence-electron chi connectivity index (χ3n) is 4.65. The Labute approximate surface area is 168 Å². The van der Waals surface area contributed by atoms with E-state index in [1.807, 2.05) is 0 Å². The zero-order chi connectivity index (χ0) is 21.1. The van der Waals surface area contributed by atoms with Crippen molar-refractivity contribution >= 4 is 17.4 Å². The van der Waals surface area contributed by atoms with Gasteiger partial charge in [0.05, 0.1) is 24.3 Å². The van der Waals surface area contributed by atoms with Crippen LogP contribution < -0.4 is 4.74 Å². The predicted molar refractivity (Wildman–Crippen MR) is 106 cm³/mol. The summed E-state index contributed by atoms with van der Waals surface area (Å²) in [5.74, 6) is -1.81. The van der Waals surface area contributed by atoms with Crippen LogP contribution in [0.4, 0.5) is 0 Å². The third-order valence-corrected chi connectivity index (χ3v) is 4.65. The number of phenolic OH excluding ortho intramolecular Hbond substituents is 1. The SMILES string of the molecule is CCOc1cc(C2/C(=C(\O)c3ccccc3)C(=O)C(=O)N2CC(C)O)ccc1O. The van der Waals surface area contributed by atoms with Crippen LogP contribution in [0, 0.1) is 0 Å². The highest BCUT2D eigenvalue weighted by Gasteiger charge is 2.46. The Bertz CT molecular complexity index is 951. The molecule has 152 valence electrons. The third kappa shape index (κ3) is 3.95. The summed E-state index contributed by atoms with van der Waals surface area (Å²) in [4.78, 5) is 26.7. The molecule has 0 aromatic heterocycles. The van der Waals surface area contributed by atoms with Crippen LogP contribution in [0.2, 0.25) is 0 Å². The number of aliphatic hydroxyl groups excluding tert-OH is 2. The summed E-state index contributed by atoms with van der Waals surface area (Å²) in [6, 6.07) is 12.0. The maximum atomic E-state index is 12.8. The fourth-order valence-electron chi connectivity index (χ4n) is 3.42. The Morgan fingerprint density at radius 2 is 1.86 bits per heavy atom. The predicted octanol–water partition coefficient (Wildman–Crippen LogP) is 2.59. The number of amides is 1. The Morgan fingerprint density at radius 3 is 2.48 bits per heavy atom. The van der Waals surface area contributed by atoms with Gasteiger partial charge in [-0.1, -0.05) is 36.4 Å². The van der Waals surface area contributed by atoms with Gasteiger partial charge in [0.25, 0.3) is 11.7 Å². The van der Waals surface area contributed by atoms with Crippen LogP contribution in [0.5, 0.6) is 11.5 Å². The number of hydrogen-bond donors (Lipinski definition) is 3. The maximum absolute atomic E-state index is 12.8. The average Bonchev–Trinajstić information content (AvgIpc) is 2.94. The van der Waals surface area contributed by atoms with Gasteiger partial charge in [0.1, 0.15) is 5.76 Å². The van der Waals surface area contributed by atoms with E-state index >= 15 is 0 Å². The van der Waals surface area contributed by atoms with Crippen LogP contribution in [0.15, 0.2) is 54.1 Å². The molecule has 0 saturated carbocycles. The lowest BCUT2D eigenvalue weighted by Crippen LogP contribution is -2.35. The van der Waals surface area contributed by atoms with E-state index in [9.17, 15) is 24.9 Å². The van der Waals surface area contributed by atoms with Crippen LogP contribution in [-0.2, 0) is 9.59 Å². The molecule has 7 nitrogen and oxygen atoms in total. The first-order chi connectivity index (χ1) is 13.8. The number of phenols is 1. The number of benzene rings is 2. The number of carbonyl (C=O) groups excluding carboxylic acids is 2. The normalized spacial score (nSPS) is 19.4. The smallest absolute Gasteiger partial charge is 0.295 e. The average molecular weight is 397 g/mol. The summed E-state index contributed by atoms with van der Waals surface area (Å²) in [6.45, 7) is 3.50.